The standard InChI is InChI=1S/C20H31NO4/c1-13(2)4-5-14-12-20(24,9-8-18(14)22)19(23)25-17-10-15-6-7-16(11-17)21(15)3/h4,12,15-18,22,24H,5-11H2,1-3H3/t15-,16+,17?,18?,20?. The molecule has 25 heavy (non-hydrogen) atoms. The van der Waals surface area contributed by atoms with E-state index in [9.17, 15) is 15.0 Å². The van der Waals surface area contributed by atoms with Crippen molar-refractivity contribution >= 4 is 5.97 Å². The quantitative estimate of drug-likeness (QED) is 0.602. The van der Waals surface area contributed by atoms with Crippen LogP contribution in [0.5, 0.6) is 0 Å². The highest BCUT2D eigenvalue weighted by atomic mass is 16.6. The number of ether oxygens (including phenoxy) is 1. The highest BCUT2D eigenvalue weighted by molar-refractivity contribution is 5.82. The Bertz CT molecular complexity index is 566. The zero-order valence-electron chi connectivity index (χ0n) is 15.6. The molecule has 140 valence electrons. The molecular weight excluding hydrogens is 318 g/mol. The summed E-state index contributed by atoms with van der Waals surface area (Å²) in [5.74, 6) is -0.553. The molecule has 0 saturated carbocycles. The third-order valence-corrected chi connectivity index (χ3v) is 6.08. The minimum Gasteiger partial charge on any atom is -0.460 e. The van der Waals surface area contributed by atoms with Crippen molar-refractivity contribution in [2.45, 2.75) is 88.7 Å². The molecule has 2 saturated heterocycles. The van der Waals surface area contributed by atoms with Gasteiger partial charge in [-0.05, 0) is 77.5 Å². The van der Waals surface area contributed by atoms with Gasteiger partial charge in [-0.15, -0.1) is 0 Å². The highest BCUT2D eigenvalue weighted by Crippen LogP contribution is 2.37. The van der Waals surface area contributed by atoms with E-state index in [-0.39, 0.29) is 12.5 Å². The van der Waals surface area contributed by atoms with Crippen molar-refractivity contribution in [2.75, 3.05) is 7.05 Å². The topological polar surface area (TPSA) is 70.0 Å². The number of aliphatic hydroxyl groups excluding tert-OH is 1. The van der Waals surface area contributed by atoms with Crippen LogP contribution in [0.4, 0.5) is 0 Å². The molecule has 2 aliphatic heterocycles. The first-order chi connectivity index (χ1) is 11.8. The number of allylic oxidation sites excluding steroid dienone is 2. The van der Waals surface area contributed by atoms with Crippen LogP contribution in [-0.2, 0) is 9.53 Å². The second-order valence-electron chi connectivity index (χ2n) is 8.23. The van der Waals surface area contributed by atoms with Crippen LogP contribution in [0, 0.1) is 0 Å². The summed E-state index contributed by atoms with van der Waals surface area (Å²) in [4.78, 5) is 15.1. The Hall–Kier alpha value is -1.17. The van der Waals surface area contributed by atoms with Gasteiger partial charge in [-0.2, -0.15) is 0 Å². The number of nitrogens with zero attached hydrogens (tertiary/aromatic N) is 1. The Morgan fingerprint density at radius 2 is 1.96 bits per heavy atom. The fourth-order valence-electron chi connectivity index (χ4n) is 4.41. The van der Waals surface area contributed by atoms with Gasteiger partial charge < -0.3 is 19.8 Å². The predicted molar refractivity (Wildman–Crippen MR) is 96.0 cm³/mol. The molecule has 2 fully saturated rings. The van der Waals surface area contributed by atoms with Gasteiger partial charge in [0.1, 0.15) is 6.10 Å². The lowest BCUT2D eigenvalue weighted by atomic mass is 9.83. The number of rotatable bonds is 4. The predicted octanol–water partition coefficient (Wildman–Crippen LogP) is 2.32. The Morgan fingerprint density at radius 1 is 1.32 bits per heavy atom. The number of hydrogen-bond donors (Lipinski definition) is 2. The zero-order chi connectivity index (χ0) is 18.2. The number of carbonyl (C=O) groups excluding carboxylic acids is 1. The molecule has 3 aliphatic rings. The summed E-state index contributed by atoms with van der Waals surface area (Å²) in [7, 11) is 2.15. The molecule has 0 aromatic heterocycles. The minimum atomic E-state index is -1.60. The fraction of sp³-hybridized carbons (Fsp3) is 0.750. The molecule has 5 atom stereocenters. The van der Waals surface area contributed by atoms with E-state index >= 15 is 0 Å². The van der Waals surface area contributed by atoms with Crippen molar-refractivity contribution in [3.63, 3.8) is 0 Å². The monoisotopic (exact) mass is 349 g/mol. The van der Waals surface area contributed by atoms with Gasteiger partial charge in [0.15, 0.2) is 5.60 Å². The van der Waals surface area contributed by atoms with Gasteiger partial charge in [-0.3, -0.25) is 0 Å². The van der Waals surface area contributed by atoms with Gasteiger partial charge in [0, 0.05) is 12.1 Å². The van der Waals surface area contributed by atoms with Gasteiger partial charge in [-0.1, -0.05) is 11.6 Å². The van der Waals surface area contributed by atoms with Crippen LogP contribution in [0.2, 0.25) is 0 Å². The lowest BCUT2D eigenvalue weighted by Gasteiger charge is -2.38. The van der Waals surface area contributed by atoms with E-state index in [4.69, 9.17) is 4.74 Å². The van der Waals surface area contributed by atoms with Crippen LogP contribution >= 0.6 is 0 Å². The molecule has 5 heteroatoms. The summed E-state index contributed by atoms with van der Waals surface area (Å²) in [5, 5.41) is 21.0. The average Bonchev–Trinajstić information content (AvgIpc) is 2.77. The molecule has 3 unspecified atom stereocenters. The van der Waals surface area contributed by atoms with E-state index in [2.05, 4.69) is 11.9 Å². The average molecular weight is 349 g/mol. The summed E-state index contributed by atoms with van der Waals surface area (Å²) >= 11 is 0. The lowest BCUT2D eigenvalue weighted by molar-refractivity contribution is -0.171. The normalized spacial score (nSPS) is 38.2. The first kappa shape index (κ1) is 18.6. The lowest BCUT2D eigenvalue weighted by Crippen LogP contribution is -2.48. The van der Waals surface area contributed by atoms with Crippen LogP contribution in [0.1, 0.15) is 58.8 Å². The van der Waals surface area contributed by atoms with E-state index in [1.807, 2.05) is 19.9 Å². The first-order valence-electron chi connectivity index (χ1n) is 9.47. The molecule has 0 aromatic rings. The summed E-state index contributed by atoms with van der Waals surface area (Å²) in [6.07, 6.45) is 8.02. The van der Waals surface area contributed by atoms with Gasteiger partial charge in [0.25, 0.3) is 0 Å². The Morgan fingerprint density at radius 3 is 2.56 bits per heavy atom. The second-order valence-corrected chi connectivity index (χ2v) is 8.23. The van der Waals surface area contributed by atoms with Crippen molar-refractivity contribution in [1.82, 2.24) is 4.90 Å². The van der Waals surface area contributed by atoms with E-state index in [1.165, 1.54) is 18.9 Å². The highest BCUT2D eigenvalue weighted by Gasteiger charge is 2.44. The number of piperidine rings is 1. The van der Waals surface area contributed by atoms with E-state index < -0.39 is 17.7 Å². The summed E-state index contributed by atoms with van der Waals surface area (Å²) in [5.41, 5.74) is 0.244. The van der Waals surface area contributed by atoms with Gasteiger partial charge in [-0.25, -0.2) is 4.79 Å². The second kappa shape index (κ2) is 7.22. The third kappa shape index (κ3) is 3.99. The molecule has 2 N–H and O–H groups in total. The number of hydrogen-bond acceptors (Lipinski definition) is 5. The van der Waals surface area contributed by atoms with Crippen LogP contribution in [-0.4, -0.2) is 58.0 Å². The maximum absolute atomic E-state index is 12.7. The molecule has 1 aliphatic carbocycles. The summed E-state index contributed by atoms with van der Waals surface area (Å²) in [6.45, 7) is 3.98. The molecule has 2 bridgehead atoms. The van der Waals surface area contributed by atoms with Crippen molar-refractivity contribution in [2.24, 2.45) is 0 Å². The SMILES string of the molecule is CC(C)=CCC1=CC(O)(C(=O)OC2C[C@H]3CC[C@@H](C2)N3C)CCC1O. The molecule has 2 heterocycles. The Kier molecular flexibility index (Phi) is 5.37. The molecule has 0 amide bonds. The molecular formula is C20H31NO4. The fourth-order valence-corrected chi connectivity index (χ4v) is 4.41. The van der Waals surface area contributed by atoms with E-state index in [0.29, 0.717) is 30.5 Å². The minimum absolute atomic E-state index is 0.105. The summed E-state index contributed by atoms with van der Waals surface area (Å²) in [6, 6.07) is 0.978. The van der Waals surface area contributed by atoms with E-state index in [1.54, 1.807) is 0 Å². The Balaban J connectivity index is 1.67. The first-order valence-corrected chi connectivity index (χ1v) is 9.47. The molecule has 0 radical (unpaired) electrons. The van der Waals surface area contributed by atoms with Crippen LogP contribution < -0.4 is 0 Å². The van der Waals surface area contributed by atoms with Gasteiger partial charge >= 0.3 is 5.97 Å². The number of aliphatic hydroxyl groups is 2. The molecule has 0 spiro atoms. The van der Waals surface area contributed by atoms with Gasteiger partial charge in [0.05, 0.1) is 6.10 Å². The van der Waals surface area contributed by atoms with E-state index in [0.717, 1.165) is 18.4 Å². The van der Waals surface area contributed by atoms with Crippen LogP contribution in [0.3, 0.4) is 0 Å². The van der Waals surface area contributed by atoms with Crippen LogP contribution in [0.15, 0.2) is 23.3 Å². The Labute approximate surface area is 150 Å². The van der Waals surface area contributed by atoms with Crippen molar-refractivity contribution < 1.29 is 19.7 Å². The van der Waals surface area contributed by atoms with Crippen LogP contribution in [0.25, 0.3) is 0 Å². The number of fused-ring (bicyclic) bond motifs is 2. The maximum Gasteiger partial charge on any atom is 0.342 e. The summed E-state index contributed by atoms with van der Waals surface area (Å²) < 4.78 is 5.71. The molecule has 0 aromatic carbocycles. The molecule has 5 nitrogen and oxygen atoms in total. The van der Waals surface area contributed by atoms with Gasteiger partial charge in [0.2, 0.25) is 0 Å². The number of carbonyl (C=O) groups is 1. The molecule has 3 rings (SSSR count). The third-order valence-electron chi connectivity index (χ3n) is 6.08. The zero-order valence-corrected chi connectivity index (χ0v) is 15.6. The number of esters is 1. The smallest absolute Gasteiger partial charge is 0.342 e. The van der Waals surface area contributed by atoms with Crippen molar-refractivity contribution in [3.05, 3.63) is 23.3 Å². The van der Waals surface area contributed by atoms with Crippen molar-refractivity contribution in [1.29, 1.82) is 0 Å². The largest absolute Gasteiger partial charge is 0.460 e. The van der Waals surface area contributed by atoms with Crippen molar-refractivity contribution in [3.8, 4) is 0 Å². The maximum atomic E-state index is 12.7.